The third-order valence-electron chi connectivity index (χ3n) is 5.85. The molecule has 4 atom stereocenters. The van der Waals surface area contributed by atoms with E-state index >= 15 is 0 Å². The Hall–Kier alpha value is -2.08. The molecule has 27 heavy (non-hydrogen) atoms. The number of nitrogens with one attached hydrogen (secondary N) is 2. The average Bonchev–Trinajstić information content (AvgIpc) is 2.66. The first-order valence-corrected chi connectivity index (χ1v) is 9.79. The van der Waals surface area contributed by atoms with Crippen LogP contribution in [0.4, 0.5) is 0 Å². The largest absolute Gasteiger partial charge is 0.497 e. The highest BCUT2D eigenvalue weighted by Crippen LogP contribution is 2.35. The van der Waals surface area contributed by atoms with E-state index in [4.69, 9.17) is 9.47 Å². The van der Waals surface area contributed by atoms with Gasteiger partial charge in [0.1, 0.15) is 5.75 Å². The van der Waals surface area contributed by atoms with Crippen LogP contribution in [0, 0.1) is 11.8 Å². The van der Waals surface area contributed by atoms with Crippen molar-refractivity contribution in [2.24, 2.45) is 11.8 Å². The molecule has 1 aliphatic heterocycles. The third-order valence-corrected chi connectivity index (χ3v) is 5.85. The van der Waals surface area contributed by atoms with E-state index in [0.717, 1.165) is 30.6 Å². The Kier molecular flexibility index (Phi) is 6.72. The number of aryl methyl sites for hydroxylation is 1. The van der Waals surface area contributed by atoms with Gasteiger partial charge in [0.25, 0.3) is 0 Å². The summed E-state index contributed by atoms with van der Waals surface area (Å²) < 4.78 is 10.5. The molecule has 2 N–H and O–H groups in total. The Morgan fingerprint density at radius 3 is 2.70 bits per heavy atom. The standard InChI is InChI=1S/C21H30N2O4/c1-26-13-15-11-21(25)23-19-12-16(6-9-18(15)19)22-20(24)10-5-14-3-7-17(27-2)8-4-14/h3-4,7-8,15-16,18-19H,5-6,9-13H2,1-2H3,(H,22,24)(H,23,25). The van der Waals surface area contributed by atoms with Crippen molar-refractivity contribution in [2.75, 3.05) is 20.8 Å². The molecule has 1 aliphatic carbocycles. The van der Waals surface area contributed by atoms with Crippen molar-refractivity contribution in [3.63, 3.8) is 0 Å². The van der Waals surface area contributed by atoms with Crippen LogP contribution in [0.1, 0.15) is 37.7 Å². The van der Waals surface area contributed by atoms with Crippen LogP contribution in [-0.2, 0) is 20.7 Å². The summed E-state index contributed by atoms with van der Waals surface area (Å²) in [7, 11) is 3.33. The smallest absolute Gasteiger partial charge is 0.220 e. The Bertz CT molecular complexity index is 646. The predicted octanol–water partition coefficient (Wildman–Crippen LogP) is 2.06. The number of fused-ring (bicyclic) bond motifs is 1. The number of carbonyl (C=O) groups is 2. The fraction of sp³-hybridized carbons (Fsp3) is 0.619. The van der Waals surface area contributed by atoms with E-state index in [1.165, 1.54) is 0 Å². The van der Waals surface area contributed by atoms with Crippen molar-refractivity contribution < 1.29 is 19.1 Å². The van der Waals surface area contributed by atoms with Gasteiger partial charge in [-0.1, -0.05) is 12.1 Å². The van der Waals surface area contributed by atoms with Gasteiger partial charge in [-0.25, -0.2) is 0 Å². The summed E-state index contributed by atoms with van der Waals surface area (Å²) in [4.78, 5) is 24.3. The van der Waals surface area contributed by atoms with Crippen molar-refractivity contribution in [2.45, 2.75) is 50.6 Å². The van der Waals surface area contributed by atoms with Crippen LogP contribution in [0.15, 0.2) is 24.3 Å². The summed E-state index contributed by atoms with van der Waals surface area (Å²) in [5.74, 6) is 1.74. The number of methoxy groups -OCH3 is 2. The molecule has 2 fully saturated rings. The Morgan fingerprint density at radius 2 is 2.00 bits per heavy atom. The molecule has 0 radical (unpaired) electrons. The molecule has 3 rings (SSSR count). The lowest BCUT2D eigenvalue weighted by atomic mass is 9.71. The molecule has 148 valence electrons. The quantitative estimate of drug-likeness (QED) is 0.766. The summed E-state index contributed by atoms with van der Waals surface area (Å²) in [5, 5.41) is 6.28. The van der Waals surface area contributed by atoms with Gasteiger partial charge in [0.05, 0.1) is 7.11 Å². The molecular weight excluding hydrogens is 344 g/mol. The molecule has 6 nitrogen and oxygen atoms in total. The number of hydrogen-bond donors (Lipinski definition) is 2. The van der Waals surface area contributed by atoms with Crippen LogP contribution in [0.2, 0.25) is 0 Å². The lowest BCUT2D eigenvalue weighted by molar-refractivity contribution is -0.128. The minimum Gasteiger partial charge on any atom is -0.497 e. The molecule has 1 heterocycles. The molecule has 4 unspecified atom stereocenters. The summed E-state index contributed by atoms with van der Waals surface area (Å²) in [6.45, 7) is 0.632. The van der Waals surface area contributed by atoms with Gasteiger partial charge in [0, 0.05) is 38.6 Å². The SMILES string of the molecule is COCC1CC(=O)NC2CC(NC(=O)CCc3ccc(OC)cc3)CCC12. The second-order valence-electron chi connectivity index (χ2n) is 7.68. The van der Waals surface area contributed by atoms with Crippen LogP contribution >= 0.6 is 0 Å². The van der Waals surface area contributed by atoms with Crippen LogP contribution in [0.3, 0.4) is 0 Å². The zero-order valence-corrected chi connectivity index (χ0v) is 16.2. The Morgan fingerprint density at radius 1 is 1.22 bits per heavy atom. The van der Waals surface area contributed by atoms with E-state index in [0.29, 0.717) is 37.7 Å². The van der Waals surface area contributed by atoms with Crippen molar-refractivity contribution in [1.29, 1.82) is 0 Å². The van der Waals surface area contributed by atoms with Gasteiger partial charge >= 0.3 is 0 Å². The number of piperidine rings is 1. The second kappa shape index (κ2) is 9.22. The van der Waals surface area contributed by atoms with E-state index in [-0.39, 0.29) is 23.9 Å². The summed E-state index contributed by atoms with van der Waals surface area (Å²) >= 11 is 0. The van der Waals surface area contributed by atoms with Gasteiger partial charge in [-0.3, -0.25) is 9.59 Å². The monoisotopic (exact) mass is 374 g/mol. The van der Waals surface area contributed by atoms with Gasteiger partial charge in [-0.2, -0.15) is 0 Å². The molecule has 0 bridgehead atoms. The van der Waals surface area contributed by atoms with Gasteiger partial charge in [-0.15, -0.1) is 0 Å². The maximum absolute atomic E-state index is 12.4. The highest BCUT2D eigenvalue weighted by molar-refractivity contribution is 5.78. The molecule has 0 spiro atoms. The fourth-order valence-corrected chi connectivity index (χ4v) is 4.46. The normalized spacial score (nSPS) is 27.4. The van der Waals surface area contributed by atoms with Crippen LogP contribution in [0.5, 0.6) is 5.75 Å². The topological polar surface area (TPSA) is 76.7 Å². The first-order chi connectivity index (χ1) is 13.1. The molecule has 1 aromatic rings. The van der Waals surface area contributed by atoms with Crippen LogP contribution in [-0.4, -0.2) is 44.7 Å². The molecule has 1 saturated heterocycles. The fourth-order valence-electron chi connectivity index (χ4n) is 4.46. The van der Waals surface area contributed by atoms with Gasteiger partial charge in [0.15, 0.2) is 0 Å². The van der Waals surface area contributed by atoms with E-state index < -0.39 is 0 Å². The highest BCUT2D eigenvalue weighted by atomic mass is 16.5. The van der Waals surface area contributed by atoms with E-state index in [2.05, 4.69) is 10.6 Å². The Labute approximate surface area is 161 Å². The first-order valence-electron chi connectivity index (χ1n) is 9.79. The molecule has 2 aliphatic rings. The lowest BCUT2D eigenvalue weighted by Gasteiger charge is -2.43. The van der Waals surface area contributed by atoms with Crippen LogP contribution in [0.25, 0.3) is 0 Å². The van der Waals surface area contributed by atoms with Gasteiger partial charge in [-0.05, 0) is 55.2 Å². The van der Waals surface area contributed by atoms with Crippen molar-refractivity contribution in [3.05, 3.63) is 29.8 Å². The highest BCUT2D eigenvalue weighted by Gasteiger charge is 2.40. The second-order valence-corrected chi connectivity index (χ2v) is 7.68. The number of benzene rings is 1. The van der Waals surface area contributed by atoms with E-state index in [1.54, 1.807) is 14.2 Å². The molecular formula is C21H30N2O4. The summed E-state index contributed by atoms with van der Waals surface area (Å²) in [6, 6.07) is 8.09. The molecule has 1 saturated carbocycles. The molecule has 0 aromatic heterocycles. The zero-order chi connectivity index (χ0) is 19.2. The van der Waals surface area contributed by atoms with Gasteiger partial charge in [0.2, 0.25) is 11.8 Å². The summed E-state index contributed by atoms with van der Waals surface area (Å²) in [5.41, 5.74) is 1.12. The maximum atomic E-state index is 12.4. The minimum absolute atomic E-state index is 0.0739. The summed E-state index contributed by atoms with van der Waals surface area (Å²) in [6.07, 6.45) is 4.52. The van der Waals surface area contributed by atoms with Crippen molar-refractivity contribution in [3.8, 4) is 5.75 Å². The van der Waals surface area contributed by atoms with E-state index in [9.17, 15) is 9.59 Å². The first kappa shape index (κ1) is 19.7. The Balaban J connectivity index is 1.47. The number of carbonyl (C=O) groups excluding carboxylic acids is 2. The molecule has 1 aromatic carbocycles. The number of amides is 2. The van der Waals surface area contributed by atoms with Gasteiger partial charge < -0.3 is 20.1 Å². The number of ether oxygens (including phenoxy) is 2. The lowest BCUT2D eigenvalue weighted by Crippen LogP contribution is -2.56. The third kappa shape index (κ3) is 5.22. The number of rotatable bonds is 7. The zero-order valence-electron chi connectivity index (χ0n) is 16.2. The van der Waals surface area contributed by atoms with Crippen molar-refractivity contribution in [1.82, 2.24) is 10.6 Å². The van der Waals surface area contributed by atoms with Crippen LogP contribution < -0.4 is 15.4 Å². The molecule has 6 heteroatoms. The number of hydrogen-bond acceptors (Lipinski definition) is 4. The van der Waals surface area contributed by atoms with E-state index in [1.807, 2.05) is 24.3 Å². The van der Waals surface area contributed by atoms with Crippen molar-refractivity contribution >= 4 is 11.8 Å². The predicted molar refractivity (Wildman–Crippen MR) is 103 cm³/mol. The minimum atomic E-state index is 0.0739. The molecule has 2 amide bonds. The average molecular weight is 374 g/mol. The maximum Gasteiger partial charge on any atom is 0.220 e.